The molecule has 1 amide bonds. The lowest BCUT2D eigenvalue weighted by molar-refractivity contribution is -0.386. The number of terminal acetylenes is 1. The molecule has 0 aliphatic heterocycles. The SMILES string of the molecule is C#CCNC(=O)CCCOc1cc([N+](=O)[O-])c(C(C)OP(OCCC)N(C(C)C)C(C)C)cc1OC. The van der Waals surface area contributed by atoms with Crippen molar-refractivity contribution in [1.82, 2.24) is 9.99 Å². The Kier molecular flexibility index (Phi) is 14.3. The van der Waals surface area contributed by atoms with Crippen molar-refractivity contribution in [3.05, 3.63) is 27.8 Å². The number of hydrogen-bond donors (Lipinski definition) is 1. The van der Waals surface area contributed by atoms with Crippen LogP contribution < -0.4 is 14.8 Å². The molecule has 0 saturated heterocycles. The largest absolute Gasteiger partial charge is 0.493 e. The van der Waals surface area contributed by atoms with Crippen LogP contribution in [0.1, 0.15) is 72.5 Å². The van der Waals surface area contributed by atoms with Crippen molar-refractivity contribution in [2.24, 2.45) is 0 Å². The summed E-state index contributed by atoms with van der Waals surface area (Å²) in [5.41, 5.74) is 0.217. The van der Waals surface area contributed by atoms with Crippen LogP contribution in [-0.2, 0) is 13.8 Å². The molecule has 1 aromatic rings. The lowest BCUT2D eigenvalue weighted by atomic mass is 10.1. The Hall–Kier alpha value is -2.44. The van der Waals surface area contributed by atoms with E-state index in [1.807, 2.05) is 6.92 Å². The topological polar surface area (TPSA) is 112 Å². The van der Waals surface area contributed by atoms with Crippen LogP contribution in [0, 0.1) is 22.5 Å². The molecule has 36 heavy (non-hydrogen) atoms. The van der Waals surface area contributed by atoms with E-state index in [4.69, 9.17) is 24.9 Å². The van der Waals surface area contributed by atoms with Gasteiger partial charge in [-0.05, 0) is 53.5 Å². The van der Waals surface area contributed by atoms with Crippen LogP contribution in [0.2, 0.25) is 0 Å². The summed E-state index contributed by atoms with van der Waals surface area (Å²) in [5.74, 6) is 2.71. The lowest BCUT2D eigenvalue weighted by Crippen LogP contribution is -2.33. The molecule has 10 nitrogen and oxygen atoms in total. The predicted molar refractivity (Wildman–Crippen MR) is 141 cm³/mol. The van der Waals surface area contributed by atoms with Crippen molar-refractivity contribution in [2.75, 3.05) is 26.9 Å². The van der Waals surface area contributed by atoms with E-state index < -0.39 is 19.6 Å². The zero-order chi connectivity index (χ0) is 27.3. The molecule has 1 aromatic carbocycles. The number of hydrogen-bond acceptors (Lipinski definition) is 8. The van der Waals surface area contributed by atoms with Gasteiger partial charge in [-0.3, -0.25) is 14.9 Å². The summed E-state index contributed by atoms with van der Waals surface area (Å²) in [5, 5.41) is 14.5. The van der Waals surface area contributed by atoms with Gasteiger partial charge in [-0.25, -0.2) is 4.67 Å². The maximum Gasteiger partial charge on any atom is 0.279 e. The average Bonchev–Trinajstić information content (AvgIpc) is 2.82. The number of nitrogens with zero attached hydrogens (tertiary/aromatic N) is 2. The molecule has 0 aliphatic carbocycles. The number of nitro groups is 1. The molecule has 0 heterocycles. The summed E-state index contributed by atoms with van der Waals surface area (Å²) in [7, 11) is 0.00613. The van der Waals surface area contributed by atoms with Gasteiger partial charge in [0.25, 0.3) is 14.2 Å². The van der Waals surface area contributed by atoms with E-state index in [0.717, 1.165) is 6.42 Å². The average molecular weight is 526 g/mol. The first kappa shape index (κ1) is 31.6. The Labute approximate surface area is 216 Å². The third-order valence-corrected chi connectivity index (χ3v) is 7.24. The molecule has 0 bridgehead atoms. The molecular weight excluding hydrogens is 485 g/mol. The van der Waals surface area contributed by atoms with Crippen LogP contribution in [0.4, 0.5) is 5.69 Å². The van der Waals surface area contributed by atoms with Crippen LogP contribution in [0.15, 0.2) is 12.1 Å². The molecule has 2 unspecified atom stereocenters. The Morgan fingerprint density at radius 2 is 1.86 bits per heavy atom. The normalized spacial score (nSPS) is 12.9. The van der Waals surface area contributed by atoms with E-state index in [1.165, 1.54) is 13.2 Å². The van der Waals surface area contributed by atoms with Crippen LogP contribution >= 0.6 is 8.53 Å². The van der Waals surface area contributed by atoms with Gasteiger partial charge in [0.1, 0.15) is 0 Å². The van der Waals surface area contributed by atoms with Crippen molar-refractivity contribution in [3.8, 4) is 23.8 Å². The van der Waals surface area contributed by atoms with E-state index in [2.05, 4.69) is 43.6 Å². The Morgan fingerprint density at radius 1 is 1.19 bits per heavy atom. The molecule has 202 valence electrons. The van der Waals surface area contributed by atoms with E-state index in [-0.39, 0.29) is 49.0 Å². The summed E-state index contributed by atoms with van der Waals surface area (Å²) in [6, 6.07) is 3.23. The quantitative estimate of drug-likeness (QED) is 0.0951. The second kappa shape index (κ2) is 16.3. The maximum atomic E-state index is 12.0. The smallest absolute Gasteiger partial charge is 0.279 e. The summed E-state index contributed by atoms with van der Waals surface area (Å²) < 4.78 is 25.7. The minimum atomic E-state index is -1.46. The standard InChI is InChI=1S/C25H40N3O7P/c1-9-13-26-25(29)12-11-15-33-24-17-22(28(30)31)21(16-23(24)32-8)20(7)35-36(34-14-10-2)27(18(3)4)19(5)6/h1,16-20H,10-15H2,2-8H3,(H,26,29). The summed E-state index contributed by atoms with van der Waals surface area (Å²) in [6.07, 6.45) is 5.94. The highest BCUT2D eigenvalue weighted by Gasteiger charge is 2.32. The van der Waals surface area contributed by atoms with Crippen molar-refractivity contribution in [3.63, 3.8) is 0 Å². The zero-order valence-electron chi connectivity index (χ0n) is 22.4. The van der Waals surface area contributed by atoms with Crippen LogP contribution in [0.25, 0.3) is 0 Å². The highest BCUT2D eigenvalue weighted by atomic mass is 31.2. The van der Waals surface area contributed by atoms with Gasteiger partial charge >= 0.3 is 0 Å². The van der Waals surface area contributed by atoms with Crippen molar-refractivity contribution in [1.29, 1.82) is 0 Å². The summed E-state index contributed by atoms with van der Waals surface area (Å²) in [6.45, 7) is 12.9. The monoisotopic (exact) mass is 525 g/mol. The van der Waals surface area contributed by atoms with Crippen molar-refractivity contribution in [2.45, 2.75) is 79.0 Å². The van der Waals surface area contributed by atoms with Crippen LogP contribution in [0.5, 0.6) is 11.5 Å². The number of carbonyl (C=O) groups excluding carboxylic acids is 1. The third kappa shape index (κ3) is 9.90. The number of methoxy groups -OCH3 is 1. The lowest BCUT2D eigenvalue weighted by Gasteiger charge is -2.36. The fraction of sp³-hybridized carbons (Fsp3) is 0.640. The second-order valence-corrected chi connectivity index (χ2v) is 10.0. The molecule has 0 aromatic heterocycles. The molecule has 1 N–H and O–H groups in total. The minimum absolute atomic E-state index is 0.142. The van der Waals surface area contributed by atoms with Crippen molar-refractivity contribution >= 4 is 20.1 Å². The van der Waals surface area contributed by atoms with E-state index in [9.17, 15) is 14.9 Å². The number of nitro benzene ring substituents is 1. The summed E-state index contributed by atoms with van der Waals surface area (Å²) in [4.78, 5) is 23.2. The van der Waals surface area contributed by atoms with Gasteiger partial charge < -0.3 is 23.8 Å². The van der Waals surface area contributed by atoms with Gasteiger partial charge in [-0.1, -0.05) is 12.8 Å². The van der Waals surface area contributed by atoms with Gasteiger partial charge in [0.2, 0.25) is 5.91 Å². The second-order valence-electron chi connectivity index (χ2n) is 8.64. The van der Waals surface area contributed by atoms with Gasteiger partial charge in [0.05, 0.1) is 49.5 Å². The first-order valence-electron chi connectivity index (χ1n) is 12.1. The predicted octanol–water partition coefficient (Wildman–Crippen LogP) is 5.36. The Morgan fingerprint density at radius 3 is 2.39 bits per heavy atom. The van der Waals surface area contributed by atoms with Crippen LogP contribution in [0.3, 0.4) is 0 Å². The van der Waals surface area contributed by atoms with E-state index >= 15 is 0 Å². The third-order valence-electron chi connectivity index (χ3n) is 5.04. The first-order chi connectivity index (χ1) is 17.1. The number of nitrogens with one attached hydrogen (secondary N) is 1. The first-order valence-corrected chi connectivity index (χ1v) is 13.3. The fourth-order valence-corrected chi connectivity index (χ4v) is 5.24. The van der Waals surface area contributed by atoms with E-state index in [1.54, 1.807) is 13.0 Å². The maximum absolute atomic E-state index is 12.0. The molecule has 0 radical (unpaired) electrons. The summed E-state index contributed by atoms with van der Waals surface area (Å²) >= 11 is 0. The van der Waals surface area contributed by atoms with Crippen LogP contribution in [-0.4, -0.2) is 54.5 Å². The fourth-order valence-electron chi connectivity index (χ4n) is 3.46. The number of benzene rings is 1. The molecule has 0 fully saturated rings. The van der Waals surface area contributed by atoms with Gasteiger partial charge in [-0.2, -0.15) is 0 Å². The highest BCUT2D eigenvalue weighted by molar-refractivity contribution is 7.44. The van der Waals surface area contributed by atoms with Gasteiger partial charge in [0, 0.05) is 18.5 Å². The molecular formula is C25H40N3O7P. The van der Waals surface area contributed by atoms with Gasteiger partial charge in [-0.15, -0.1) is 6.42 Å². The molecule has 1 rings (SSSR count). The number of amides is 1. The molecule has 2 atom stereocenters. The Balaban J connectivity index is 3.13. The number of carbonyl (C=O) groups is 1. The minimum Gasteiger partial charge on any atom is -0.493 e. The zero-order valence-corrected chi connectivity index (χ0v) is 23.3. The molecule has 0 spiro atoms. The highest BCUT2D eigenvalue weighted by Crippen LogP contribution is 2.51. The number of ether oxygens (including phenoxy) is 2. The molecule has 11 heteroatoms. The number of rotatable bonds is 17. The molecule has 0 aliphatic rings. The molecule has 0 saturated carbocycles. The Bertz CT molecular complexity index is 881. The van der Waals surface area contributed by atoms with Gasteiger partial charge in [0.15, 0.2) is 11.5 Å². The van der Waals surface area contributed by atoms with E-state index in [0.29, 0.717) is 24.3 Å². The van der Waals surface area contributed by atoms with Crippen molar-refractivity contribution < 1.29 is 28.2 Å².